The third-order valence-electron chi connectivity index (χ3n) is 3.66. The minimum Gasteiger partial charge on any atom is -0.487 e. The molecule has 3 heteroatoms. The highest BCUT2D eigenvalue weighted by atomic mass is 35.5. The van der Waals surface area contributed by atoms with Gasteiger partial charge in [0.15, 0.2) is 0 Å². The van der Waals surface area contributed by atoms with Crippen LogP contribution in [0.15, 0.2) is 36.4 Å². The van der Waals surface area contributed by atoms with Gasteiger partial charge in [0.2, 0.25) is 0 Å². The predicted octanol–water partition coefficient (Wildman–Crippen LogP) is 4.18. The maximum absolute atomic E-state index is 6.11. The molecule has 104 valence electrons. The van der Waals surface area contributed by atoms with E-state index in [2.05, 4.69) is 38.1 Å². The molecular formula is C17H18ClNO. The first-order valence-corrected chi connectivity index (χ1v) is 7.17. The molecule has 0 saturated heterocycles. The third-order valence-corrected chi connectivity index (χ3v) is 4.03. The van der Waals surface area contributed by atoms with Crippen LogP contribution < -0.4 is 10.5 Å². The molecule has 0 aromatic heterocycles. The van der Waals surface area contributed by atoms with Gasteiger partial charge in [0.1, 0.15) is 11.4 Å². The van der Waals surface area contributed by atoms with Crippen molar-refractivity contribution >= 4 is 11.6 Å². The highest BCUT2D eigenvalue weighted by Crippen LogP contribution is 2.37. The van der Waals surface area contributed by atoms with E-state index in [-0.39, 0.29) is 5.60 Å². The van der Waals surface area contributed by atoms with E-state index in [1.807, 2.05) is 12.1 Å². The molecule has 0 saturated carbocycles. The SMILES string of the molecule is CC1(C)Cc2cc(-c3ccc(Cl)c(CN)c3)ccc2O1. The quantitative estimate of drug-likeness (QED) is 0.899. The number of halogens is 1. The second kappa shape index (κ2) is 4.80. The van der Waals surface area contributed by atoms with Crippen molar-refractivity contribution in [1.82, 2.24) is 0 Å². The smallest absolute Gasteiger partial charge is 0.123 e. The average Bonchev–Trinajstić information content (AvgIpc) is 2.72. The highest BCUT2D eigenvalue weighted by molar-refractivity contribution is 6.31. The van der Waals surface area contributed by atoms with Crippen LogP contribution in [0.1, 0.15) is 25.0 Å². The maximum atomic E-state index is 6.11. The summed E-state index contributed by atoms with van der Waals surface area (Å²) in [4.78, 5) is 0. The van der Waals surface area contributed by atoms with Crippen LogP contribution in [0.25, 0.3) is 11.1 Å². The van der Waals surface area contributed by atoms with Crippen LogP contribution >= 0.6 is 11.6 Å². The molecule has 2 aromatic rings. The van der Waals surface area contributed by atoms with E-state index in [9.17, 15) is 0 Å². The number of benzene rings is 2. The minimum atomic E-state index is -0.108. The van der Waals surface area contributed by atoms with Gasteiger partial charge in [-0.1, -0.05) is 23.7 Å². The second-order valence-corrected chi connectivity index (χ2v) is 6.28. The molecule has 2 aromatic carbocycles. The number of ether oxygens (including phenoxy) is 1. The Morgan fingerprint density at radius 3 is 2.60 bits per heavy atom. The van der Waals surface area contributed by atoms with Crippen molar-refractivity contribution in [3.8, 4) is 16.9 Å². The fourth-order valence-corrected chi connectivity index (χ4v) is 2.89. The van der Waals surface area contributed by atoms with E-state index >= 15 is 0 Å². The van der Waals surface area contributed by atoms with Gasteiger partial charge in [-0.3, -0.25) is 0 Å². The van der Waals surface area contributed by atoms with Gasteiger partial charge in [-0.2, -0.15) is 0 Å². The highest BCUT2D eigenvalue weighted by Gasteiger charge is 2.29. The van der Waals surface area contributed by atoms with Gasteiger partial charge >= 0.3 is 0 Å². The molecule has 0 fully saturated rings. The molecule has 0 atom stereocenters. The van der Waals surface area contributed by atoms with E-state index in [4.69, 9.17) is 22.1 Å². The largest absolute Gasteiger partial charge is 0.487 e. The van der Waals surface area contributed by atoms with E-state index in [0.717, 1.165) is 28.3 Å². The summed E-state index contributed by atoms with van der Waals surface area (Å²) >= 11 is 6.11. The third kappa shape index (κ3) is 2.41. The van der Waals surface area contributed by atoms with Crippen molar-refractivity contribution in [3.05, 3.63) is 52.5 Å². The zero-order valence-electron chi connectivity index (χ0n) is 11.7. The molecule has 0 radical (unpaired) electrons. The molecule has 0 aliphatic carbocycles. The van der Waals surface area contributed by atoms with Crippen LogP contribution in [0.2, 0.25) is 5.02 Å². The summed E-state index contributed by atoms with van der Waals surface area (Å²) in [5.74, 6) is 0.992. The predicted molar refractivity (Wildman–Crippen MR) is 83.2 cm³/mol. The number of rotatable bonds is 2. The van der Waals surface area contributed by atoms with Crippen molar-refractivity contribution < 1.29 is 4.74 Å². The molecule has 0 bridgehead atoms. The molecule has 1 heterocycles. The monoisotopic (exact) mass is 287 g/mol. The van der Waals surface area contributed by atoms with Crippen LogP contribution in [0.5, 0.6) is 5.75 Å². The number of hydrogen-bond donors (Lipinski definition) is 1. The lowest BCUT2D eigenvalue weighted by atomic mass is 9.97. The summed E-state index contributed by atoms with van der Waals surface area (Å²) < 4.78 is 5.91. The first kappa shape index (κ1) is 13.5. The fourth-order valence-electron chi connectivity index (χ4n) is 2.70. The Hall–Kier alpha value is -1.51. The Labute approximate surface area is 124 Å². The molecule has 20 heavy (non-hydrogen) atoms. The van der Waals surface area contributed by atoms with Gasteiger partial charge in [0.25, 0.3) is 0 Å². The summed E-state index contributed by atoms with van der Waals surface area (Å²) in [6, 6.07) is 12.3. The lowest BCUT2D eigenvalue weighted by molar-refractivity contribution is 0.138. The van der Waals surface area contributed by atoms with E-state index in [1.54, 1.807) is 0 Å². The molecule has 2 nitrogen and oxygen atoms in total. The van der Waals surface area contributed by atoms with Crippen LogP contribution in [0, 0.1) is 0 Å². The van der Waals surface area contributed by atoms with Crippen molar-refractivity contribution in [2.24, 2.45) is 5.73 Å². The normalized spacial score (nSPS) is 15.8. The Balaban J connectivity index is 2.01. The summed E-state index contributed by atoms with van der Waals surface area (Å²) in [7, 11) is 0. The summed E-state index contributed by atoms with van der Waals surface area (Å²) in [6.07, 6.45) is 0.938. The van der Waals surface area contributed by atoms with Crippen LogP contribution in [-0.2, 0) is 13.0 Å². The summed E-state index contributed by atoms with van der Waals surface area (Å²) in [5, 5.41) is 0.724. The van der Waals surface area contributed by atoms with Crippen molar-refractivity contribution in [1.29, 1.82) is 0 Å². The number of fused-ring (bicyclic) bond motifs is 1. The van der Waals surface area contributed by atoms with Gasteiger partial charge in [0, 0.05) is 18.0 Å². The first-order chi connectivity index (χ1) is 9.48. The molecule has 1 aliphatic heterocycles. The summed E-state index contributed by atoms with van der Waals surface area (Å²) in [5.41, 5.74) is 10.2. The lowest BCUT2D eigenvalue weighted by Crippen LogP contribution is -2.24. The Morgan fingerprint density at radius 1 is 1.15 bits per heavy atom. The molecule has 3 rings (SSSR count). The molecule has 2 N–H and O–H groups in total. The van der Waals surface area contributed by atoms with Gasteiger partial charge < -0.3 is 10.5 Å². The van der Waals surface area contributed by atoms with Gasteiger partial charge in [-0.15, -0.1) is 0 Å². The Kier molecular flexibility index (Phi) is 3.23. The van der Waals surface area contributed by atoms with E-state index < -0.39 is 0 Å². The van der Waals surface area contributed by atoms with Crippen molar-refractivity contribution in [3.63, 3.8) is 0 Å². The van der Waals surface area contributed by atoms with Crippen molar-refractivity contribution in [2.45, 2.75) is 32.4 Å². The van der Waals surface area contributed by atoms with E-state index in [1.165, 1.54) is 11.1 Å². The lowest BCUT2D eigenvalue weighted by Gasteiger charge is -2.16. The van der Waals surface area contributed by atoms with Gasteiger partial charge in [-0.25, -0.2) is 0 Å². The number of hydrogen-bond acceptors (Lipinski definition) is 2. The topological polar surface area (TPSA) is 35.2 Å². The number of nitrogens with two attached hydrogens (primary N) is 1. The maximum Gasteiger partial charge on any atom is 0.123 e. The molecule has 0 unspecified atom stereocenters. The first-order valence-electron chi connectivity index (χ1n) is 6.79. The molecule has 1 aliphatic rings. The fraction of sp³-hybridized carbons (Fsp3) is 0.294. The molecule has 0 amide bonds. The Bertz CT molecular complexity index is 664. The second-order valence-electron chi connectivity index (χ2n) is 5.87. The van der Waals surface area contributed by atoms with E-state index in [0.29, 0.717) is 6.54 Å². The van der Waals surface area contributed by atoms with Crippen LogP contribution in [-0.4, -0.2) is 5.60 Å². The van der Waals surface area contributed by atoms with Crippen LogP contribution in [0.4, 0.5) is 0 Å². The average molecular weight is 288 g/mol. The molecular weight excluding hydrogens is 270 g/mol. The molecule has 0 spiro atoms. The zero-order chi connectivity index (χ0) is 14.3. The van der Waals surface area contributed by atoms with Crippen molar-refractivity contribution in [2.75, 3.05) is 0 Å². The summed E-state index contributed by atoms with van der Waals surface area (Å²) in [6.45, 7) is 4.68. The Morgan fingerprint density at radius 2 is 1.85 bits per heavy atom. The minimum absolute atomic E-state index is 0.108. The van der Waals surface area contributed by atoms with Gasteiger partial charge in [0.05, 0.1) is 0 Å². The van der Waals surface area contributed by atoms with Gasteiger partial charge in [-0.05, 0) is 60.4 Å². The standard InChI is InChI=1S/C17H18ClNO/c1-17(2)9-13-7-12(4-6-16(13)20-17)11-3-5-15(18)14(8-11)10-19/h3-8H,9-10,19H2,1-2H3. The zero-order valence-corrected chi connectivity index (χ0v) is 12.5. The van der Waals surface area contributed by atoms with Crippen LogP contribution in [0.3, 0.4) is 0 Å².